The fourth-order valence-electron chi connectivity index (χ4n) is 2.02. The predicted molar refractivity (Wildman–Crippen MR) is 79.7 cm³/mol. The third kappa shape index (κ3) is 3.49. The summed E-state index contributed by atoms with van der Waals surface area (Å²) in [6.45, 7) is 2.82. The second kappa shape index (κ2) is 6.60. The standard InChI is InChI=1S/C16H18ClNO/c1-12(13-7-4-3-5-8-13)18-11-14-15(17)9-6-10-16(14)19-2/h3-10,12,18H,11H2,1-2H3. The van der Waals surface area contributed by atoms with Crippen molar-refractivity contribution in [3.05, 3.63) is 64.7 Å². The summed E-state index contributed by atoms with van der Waals surface area (Å²) in [6.07, 6.45) is 0. The lowest BCUT2D eigenvalue weighted by Gasteiger charge is -2.16. The van der Waals surface area contributed by atoms with Crippen molar-refractivity contribution in [3.8, 4) is 5.75 Å². The van der Waals surface area contributed by atoms with Crippen molar-refractivity contribution < 1.29 is 4.74 Å². The summed E-state index contributed by atoms with van der Waals surface area (Å²) in [7, 11) is 1.66. The van der Waals surface area contributed by atoms with E-state index in [9.17, 15) is 0 Å². The molecule has 100 valence electrons. The minimum absolute atomic E-state index is 0.266. The number of hydrogen-bond donors (Lipinski definition) is 1. The molecule has 1 unspecified atom stereocenters. The molecule has 0 bridgehead atoms. The summed E-state index contributed by atoms with van der Waals surface area (Å²) >= 11 is 6.22. The van der Waals surface area contributed by atoms with E-state index in [2.05, 4.69) is 24.4 Å². The van der Waals surface area contributed by atoms with Gasteiger partial charge in [0, 0.05) is 23.2 Å². The molecule has 0 fully saturated rings. The Kier molecular flexibility index (Phi) is 4.83. The van der Waals surface area contributed by atoms with Crippen molar-refractivity contribution in [1.82, 2.24) is 5.32 Å². The largest absolute Gasteiger partial charge is 0.496 e. The van der Waals surface area contributed by atoms with E-state index < -0.39 is 0 Å². The first-order valence-electron chi connectivity index (χ1n) is 6.32. The maximum Gasteiger partial charge on any atom is 0.124 e. The van der Waals surface area contributed by atoms with Crippen LogP contribution in [0.3, 0.4) is 0 Å². The molecule has 1 atom stereocenters. The average molecular weight is 276 g/mol. The average Bonchev–Trinajstić information content (AvgIpc) is 2.46. The lowest BCUT2D eigenvalue weighted by Crippen LogP contribution is -2.18. The molecule has 2 aromatic carbocycles. The Bertz CT molecular complexity index is 528. The summed E-state index contributed by atoms with van der Waals surface area (Å²) in [4.78, 5) is 0. The van der Waals surface area contributed by atoms with E-state index in [1.54, 1.807) is 7.11 Å². The number of halogens is 1. The number of methoxy groups -OCH3 is 1. The van der Waals surface area contributed by atoms with E-state index in [4.69, 9.17) is 16.3 Å². The van der Waals surface area contributed by atoms with E-state index in [0.29, 0.717) is 6.54 Å². The first-order chi connectivity index (χ1) is 9.22. The minimum atomic E-state index is 0.266. The van der Waals surface area contributed by atoms with Crippen LogP contribution in [0, 0.1) is 0 Å². The Balaban J connectivity index is 2.07. The summed E-state index contributed by atoms with van der Waals surface area (Å²) in [5.41, 5.74) is 2.25. The Morgan fingerprint density at radius 3 is 2.53 bits per heavy atom. The Morgan fingerprint density at radius 1 is 1.11 bits per heavy atom. The van der Waals surface area contributed by atoms with Crippen LogP contribution in [0.25, 0.3) is 0 Å². The molecule has 3 heteroatoms. The van der Waals surface area contributed by atoms with E-state index in [0.717, 1.165) is 16.3 Å². The van der Waals surface area contributed by atoms with Crippen molar-refractivity contribution in [2.24, 2.45) is 0 Å². The van der Waals surface area contributed by atoms with Crippen LogP contribution in [0.15, 0.2) is 48.5 Å². The van der Waals surface area contributed by atoms with Gasteiger partial charge < -0.3 is 10.1 Å². The number of rotatable bonds is 5. The van der Waals surface area contributed by atoms with Gasteiger partial charge in [0.15, 0.2) is 0 Å². The highest BCUT2D eigenvalue weighted by Gasteiger charge is 2.10. The molecule has 0 spiro atoms. The summed E-state index contributed by atoms with van der Waals surface area (Å²) in [6, 6.07) is 16.3. The molecular formula is C16H18ClNO. The van der Waals surface area contributed by atoms with Gasteiger partial charge >= 0.3 is 0 Å². The maximum atomic E-state index is 6.22. The SMILES string of the molecule is COc1cccc(Cl)c1CNC(C)c1ccccc1. The molecule has 0 aliphatic heterocycles. The molecule has 1 N–H and O–H groups in total. The van der Waals surface area contributed by atoms with Crippen LogP contribution in [-0.4, -0.2) is 7.11 Å². The highest BCUT2D eigenvalue weighted by Crippen LogP contribution is 2.26. The van der Waals surface area contributed by atoms with Gasteiger partial charge in [-0.05, 0) is 24.6 Å². The van der Waals surface area contributed by atoms with Crippen LogP contribution in [0.1, 0.15) is 24.1 Å². The van der Waals surface area contributed by atoms with E-state index >= 15 is 0 Å². The van der Waals surface area contributed by atoms with Gasteiger partial charge in [-0.3, -0.25) is 0 Å². The monoisotopic (exact) mass is 275 g/mol. The lowest BCUT2D eigenvalue weighted by molar-refractivity contribution is 0.406. The third-order valence-electron chi connectivity index (χ3n) is 3.18. The molecule has 0 amide bonds. The van der Waals surface area contributed by atoms with Gasteiger partial charge in [-0.25, -0.2) is 0 Å². The van der Waals surface area contributed by atoms with Gasteiger partial charge in [-0.1, -0.05) is 48.0 Å². The van der Waals surface area contributed by atoms with Crippen LogP contribution >= 0.6 is 11.6 Å². The van der Waals surface area contributed by atoms with E-state index in [1.165, 1.54) is 5.56 Å². The van der Waals surface area contributed by atoms with Crippen molar-refractivity contribution in [2.75, 3.05) is 7.11 Å². The third-order valence-corrected chi connectivity index (χ3v) is 3.53. The van der Waals surface area contributed by atoms with Gasteiger partial charge in [0.25, 0.3) is 0 Å². The van der Waals surface area contributed by atoms with Gasteiger partial charge in [-0.15, -0.1) is 0 Å². The molecule has 2 rings (SSSR count). The fraction of sp³-hybridized carbons (Fsp3) is 0.250. The first kappa shape index (κ1) is 13.9. The Labute approximate surface area is 119 Å². The second-order valence-electron chi connectivity index (χ2n) is 4.43. The van der Waals surface area contributed by atoms with Crippen molar-refractivity contribution in [2.45, 2.75) is 19.5 Å². The van der Waals surface area contributed by atoms with Gasteiger partial charge in [-0.2, -0.15) is 0 Å². The van der Waals surface area contributed by atoms with Gasteiger partial charge in [0.1, 0.15) is 5.75 Å². The molecule has 0 aliphatic rings. The summed E-state index contributed by atoms with van der Waals surface area (Å²) < 4.78 is 5.34. The van der Waals surface area contributed by atoms with Crippen molar-refractivity contribution >= 4 is 11.6 Å². The molecule has 0 aliphatic carbocycles. The number of hydrogen-bond acceptors (Lipinski definition) is 2. The molecule has 0 saturated carbocycles. The smallest absolute Gasteiger partial charge is 0.124 e. The van der Waals surface area contributed by atoms with Crippen LogP contribution in [0.2, 0.25) is 5.02 Å². The number of nitrogens with one attached hydrogen (secondary N) is 1. The molecule has 2 aromatic rings. The quantitative estimate of drug-likeness (QED) is 0.883. The van der Waals surface area contributed by atoms with Crippen molar-refractivity contribution in [3.63, 3.8) is 0 Å². The van der Waals surface area contributed by atoms with E-state index in [-0.39, 0.29) is 6.04 Å². The Morgan fingerprint density at radius 2 is 1.84 bits per heavy atom. The number of benzene rings is 2. The molecule has 2 nitrogen and oxygen atoms in total. The zero-order valence-corrected chi connectivity index (χ0v) is 11.9. The van der Waals surface area contributed by atoms with Crippen LogP contribution < -0.4 is 10.1 Å². The molecule has 0 saturated heterocycles. The summed E-state index contributed by atoms with van der Waals surface area (Å²) in [5.74, 6) is 0.820. The Hall–Kier alpha value is -1.51. The second-order valence-corrected chi connectivity index (χ2v) is 4.84. The van der Waals surface area contributed by atoms with Gasteiger partial charge in [0.05, 0.1) is 7.11 Å². The highest BCUT2D eigenvalue weighted by molar-refractivity contribution is 6.31. The predicted octanol–water partition coefficient (Wildman–Crippen LogP) is 4.20. The minimum Gasteiger partial charge on any atom is -0.496 e. The zero-order chi connectivity index (χ0) is 13.7. The maximum absolute atomic E-state index is 6.22. The van der Waals surface area contributed by atoms with Crippen LogP contribution in [0.4, 0.5) is 0 Å². The summed E-state index contributed by atoms with van der Waals surface area (Å²) in [5, 5.41) is 4.20. The molecule has 0 aromatic heterocycles. The topological polar surface area (TPSA) is 21.3 Å². The zero-order valence-electron chi connectivity index (χ0n) is 11.2. The highest BCUT2D eigenvalue weighted by atomic mass is 35.5. The van der Waals surface area contributed by atoms with Gasteiger partial charge in [0.2, 0.25) is 0 Å². The first-order valence-corrected chi connectivity index (χ1v) is 6.70. The normalized spacial score (nSPS) is 12.2. The van der Waals surface area contributed by atoms with Crippen molar-refractivity contribution in [1.29, 1.82) is 0 Å². The van der Waals surface area contributed by atoms with Crippen LogP contribution in [-0.2, 0) is 6.54 Å². The molecule has 0 heterocycles. The molecular weight excluding hydrogens is 258 g/mol. The van der Waals surface area contributed by atoms with E-state index in [1.807, 2.05) is 36.4 Å². The van der Waals surface area contributed by atoms with Crippen LogP contribution in [0.5, 0.6) is 5.75 Å². The fourth-order valence-corrected chi connectivity index (χ4v) is 2.25. The molecule has 19 heavy (non-hydrogen) atoms. The lowest BCUT2D eigenvalue weighted by atomic mass is 10.1. The molecule has 0 radical (unpaired) electrons. The number of ether oxygens (including phenoxy) is 1.